The van der Waals surface area contributed by atoms with Gasteiger partial charge in [0.15, 0.2) is 0 Å². The predicted molar refractivity (Wildman–Crippen MR) is 112 cm³/mol. The number of nitriles is 1. The molecular weight excluding hydrogens is 420 g/mol. The predicted octanol–water partition coefficient (Wildman–Crippen LogP) is 4.23. The summed E-state index contributed by atoms with van der Waals surface area (Å²) in [5.41, 5.74) is 7.38. The Balaban J connectivity index is 0.000000203. The van der Waals surface area contributed by atoms with E-state index in [-0.39, 0.29) is 12.2 Å². The number of carbonyl (C=O) groups is 1. The van der Waals surface area contributed by atoms with E-state index in [9.17, 15) is 4.79 Å². The third-order valence-corrected chi connectivity index (χ3v) is 4.66. The van der Waals surface area contributed by atoms with Crippen molar-refractivity contribution in [2.45, 2.75) is 31.8 Å². The first-order chi connectivity index (χ1) is 13.4. The Kier molecular flexibility index (Phi) is 7.73. The number of nitrogens with two attached hydrogens (primary N) is 1. The number of aromatic nitrogens is 1. The first kappa shape index (κ1) is 21.6. The zero-order valence-electron chi connectivity index (χ0n) is 15.7. The first-order valence-electron chi connectivity index (χ1n) is 8.88. The number of pyridine rings is 1. The van der Waals surface area contributed by atoms with Gasteiger partial charge in [0, 0.05) is 16.4 Å². The number of hydrogen-bond acceptors (Lipinski definition) is 5. The summed E-state index contributed by atoms with van der Waals surface area (Å²) in [6.45, 7) is 5.80. The Bertz CT molecular complexity index is 871. The van der Waals surface area contributed by atoms with Crippen LogP contribution in [-0.2, 0) is 15.1 Å². The zero-order valence-corrected chi connectivity index (χ0v) is 17.3. The number of allylic oxidation sites excluding steroid dienone is 1. The number of anilines is 1. The van der Waals surface area contributed by atoms with Gasteiger partial charge in [-0.3, -0.25) is 4.79 Å². The van der Waals surface area contributed by atoms with E-state index in [4.69, 9.17) is 15.7 Å². The highest BCUT2D eigenvalue weighted by molar-refractivity contribution is 9.10. The first-order valence-corrected chi connectivity index (χ1v) is 9.67. The Morgan fingerprint density at radius 1 is 1.43 bits per heavy atom. The lowest BCUT2D eigenvalue weighted by Gasteiger charge is -2.16. The molecular formula is C21H23BrN4O2. The second-order valence-electron chi connectivity index (χ2n) is 6.39. The van der Waals surface area contributed by atoms with E-state index in [2.05, 4.69) is 32.8 Å². The van der Waals surface area contributed by atoms with Crippen LogP contribution in [0.2, 0.25) is 0 Å². The van der Waals surface area contributed by atoms with Gasteiger partial charge in [-0.15, -0.1) is 0 Å². The number of primary amides is 1. The fourth-order valence-corrected chi connectivity index (χ4v) is 2.81. The number of ether oxygens (including phenoxy) is 1. The lowest BCUT2D eigenvalue weighted by molar-refractivity contribution is -0.125. The van der Waals surface area contributed by atoms with Gasteiger partial charge in [-0.05, 0) is 49.1 Å². The Labute approximate surface area is 173 Å². The van der Waals surface area contributed by atoms with Crippen molar-refractivity contribution < 1.29 is 9.53 Å². The minimum absolute atomic E-state index is 0.00743. The van der Waals surface area contributed by atoms with Crippen molar-refractivity contribution >= 4 is 27.7 Å². The van der Waals surface area contributed by atoms with Gasteiger partial charge >= 0.3 is 0 Å². The molecule has 1 aliphatic rings. The molecule has 0 radical (unpaired) electrons. The van der Waals surface area contributed by atoms with Crippen LogP contribution >= 0.6 is 15.9 Å². The van der Waals surface area contributed by atoms with Crippen LogP contribution in [0.5, 0.6) is 0 Å². The summed E-state index contributed by atoms with van der Waals surface area (Å²) in [6.07, 6.45) is 4.31. The van der Waals surface area contributed by atoms with Gasteiger partial charge in [0.2, 0.25) is 5.91 Å². The van der Waals surface area contributed by atoms with Crippen molar-refractivity contribution in [1.82, 2.24) is 4.98 Å². The summed E-state index contributed by atoms with van der Waals surface area (Å²) < 4.78 is 6.57. The average molecular weight is 443 g/mol. The lowest BCUT2D eigenvalue weighted by Crippen LogP contribution is -2.23. The molecule has 1 saturated carbocycles. The largest absolute Gasteiger partial charge is 0.368 e. The quantitative estimate of drug-likeness (QED) is 0.667. The molecule has 2 aromatic rings. The van der Waals surface area contributed by atoms with Crippen LogP contribution in [0.1, 0.15) is 37.3 Å². The van der Waals surface area contributed by atoms with Crippen molar-refractivity contribution in [3.8, 4) is 6.07 Å². The molecule has 146 valence electrons. The molecule has 0 spiro atoms. The summed E-state index contributed by atoms with van der Waals surface area (Å²) in [5, 5.41) is 11.6. The SMILES string of the molecule is C=C(CC)Nc1ccc(C#N)cn1.NC(=O)COC1(c2cccc(Br)c2)CC1. The van der Waals surface area contributed by atoms with Crippen molar-refractivity contribution in [2.75, 3.05) is 11.9 Å². The van der Waals surface area contributed by atoms with Gasteiger partial charge < -0.3 is 15.8 Å². The maximum absolute atomic E-state index is 10.7. The second kappa shape index (κ2) is 10.0. The highest BCUT2D eigenvalue weighted by Gasteiger charge is 2.46. The van der Waals surface area contributed by atoms with E-state index in [1.807, 2.05) is 37.3 Å². The van der Waals surface area contributed by atoms with Crippen LogP contribution in [0.15, 0.2) is 59.3 Å². The van der Waals surface area contributed by atoms with Crippen LogP contribution in [0.25, 0.3) is 0 Å². The molecule has 0 atom stereocenters. The fourth-order valence-electron chi connectivity index (χ4n) is 2.41. The van der Waals surface area contributed by atoms with Gasteiger partial charge in [-0.2, -0.15) is 5.26 Å². The van der Waals surface area contributed by atoms with Gasteiger partial charge in [0.05, 0.1) is 11.2 Å². The topological polar surface area (TPSA) is 101 Å². The molecule has 28 heavy (non-hydrogen) atoms. The minimum atomic E-state index is -0.420. The minimum Gasteiger partial charge on any atom is -0.368 e. The third kappa shape index (κ3) is 6.48. The summed E-state index contributed by atoms with van der Waals surface area (Å²) in [6, 6.07) is 13.5. The van der Waals surface area contributed by atoms with Crippen LogP contribution < -0.4 is 11.1 Å². The van der Waals surface area contributed by atoms with Gasteiger partial charge in [-0.1, -0.05) is 41.6 Å². The molecule has 1 heterocycles. The number of amides is 1. The number of hydrogen-bond donors (Lipinski definition) is 2. The number of nitrogens with zero attached hydrogens (tertiary/aromatic N) is 2. The van der Waals surface area contributed by atoms with Gasteiger partial charge in [0.1, 0.15) is 18.5 Å². The maximum Gasteiger partial charge on any atom is 0.243 e. The molecule has 3 rings (SSSR count). The summed E-state index contributed by atoms with van der Waals surface area (Å²) in [4.78, 5) is 14.7. The molecule has 0 bridgehead atoms. The number of carbonyl (C=O) groups excluding carboxylic acids is 1. The molecule has 1 aromatic carbocycles. The van der Waals surface area contributed by atoms with Gasteiger partial charge in [0.25, 0.3) is 0 Å². The summed E-state index contributed by atoms with van der Waals surface area (Å²) in [7, 11) is 0. The molecule has 0 saturated heterocycles. The van der Waals surface area contributed by atoms with Crippen molar-refractivity contribution in [3.63, 3.8) is 0 Å². The third-order valence-electron chi connectivity index (χ3n) is 4.17. The molecule has 0 aliphatic heterocycles. The second-order valence-corrected chi connectivity index (χ2v) is 7.30. The normalized spacial score (nSPS) is 13.5. The fraction of sp³-hybridized carbons (Fsp3) is 0.286. The van der Waals surface area contributed by atoms with Crippen LogP contribution in [0.4, 0.5) is 5.82 Å². The Morgan fingerprint density at radius 3 is 2.68 bits per heavy atom. The number of benzene rings is 1. The Morgan fingerprint density at radius 2 is 2.18 bits per heavy atom. The molecule has 0 unspecified atom stereocenters. The van der Waals surface area contributed by atoms with E-state index in [1.54, 1.807) is 12.1 Å². The molecule has 1 amide bonds. The molecule has 1 fully saturated rings. The molecule has 1 aliphatic carbocycles. The van der Waals surface area contributed by atoms with Crippen molar-refractivity contribution in [1.29, 1.82) is 5.26 Å². The highest BCUT2D eigenvalue weighted by atomic mass is 79.9. The molecule has 7 heteroatoms. The smallest absolute Gasteiger partial charge is 0.243 e. The van der Waals surface area contributed by atoms with E-state index in [0.29, 0.717) is 5.56 Å². The van der Waals surface area contributed by atoms with E-state index < -0.39 is 5.91 Å². The molecule has 6 nitrogen and oxygen atoms in total. The van der Waals surface area contributed by atoms with Crippen LogP contribution in [0, 0.1) is 11.3 Å². The van der Waals surface area contributed by atoms with Gasteiger partial charge in [-0.25, -0.2) is 4.98 Å². The lowest BCUT2D eigenvalue weighted by atomic mass is 10.1. The maximum atomic E-state index is 10.7. The number of halogens is 1. The van der Waals surface area contributed by atoms with E-state index >= 15 is 0 Å². The van der Waals surface area contributed by atoms with Crippen LogP contribution in [-0.4, -0.2) is 17.5 Å². The van der Waals surface area contributed by atoms with E-state index in [1.165, 1.54) is 6.20 Å². The summed E-state index contributed by atoms with van der Waals surface area (Å²) >= 11 is 3.42. The van der Waals surface area contributed by atoms with Crippen molar-refractivity contribution in [2.24, 2.45) is 5.73 Å². The van der Waals surface area contributed by atoms with E-state index in [0.717, 1.165) is 40.8 Å². The number of nitrogens with one attached hydrogen (secondary N) is 1. The standard InChI is InChI=1S/C11H12BrNO2.C10H11N3/c12-9-3-1-2-8(6-9)11(4-5-11)15-7-10(13)14;1-3-8(2)13-10-5-4-9(6-11)7-12-10/h1-3,6H,4-5,7H2,(H2,13,14);4-5,7H,2-3H2,1H3,(H,12,13). The average Bonchev–Trinajstić information content (AvgIpc) is 3.49. The molecule has 1 aromatic heterocycles. The Hall–Kier alpha value is -2.69. The molecule has 3 N–H and O–H groups in total. The number of rotatable bonds is 7. The monoisotopic (exact) mass is 442 g/mol. The summed E-state index contributed by atoms with van der Waals surface area (Å²) in [5.74, 6) is 0.308. The zero-order chi connectivity index (χ0) is 20.6. The van der Waals surface area contributed by atoms with Crippen molar-refractivity contribution in [3.05, 3.63) is 70.5 Å². The van der Waals surface area contributed by atoms with Crippen LogP contribution in [0.3, 0.4) is 0 Å². The highest BCUT2D eigenvalue weighted by Crippen LogP contribution is 2.49.